The van der Waals surface area contributed by atoms with Crippen LogP contribution in [0.15, 0.2) is 48.8 Å². The molecule has 8 heteroatoms. The van der Waals surface area contributed by atoms with Crippen LogP contribution in [0.25, 0.3) is 10.9 Å². The van der Waals surface area contributed by atoms with Crippen LogP contribution in [-0.2, 0) is 4.79 Å². The Labute approximate surface area is 211 Å². The average Bonchev–Trinajstić information content (AvgIpc) is 2.91. The number of likely N-dealkylation sites (tertiary alicyclic amines) is 1. The number of carboxylic acids is 1. The van der Waals surface area contributed by atoms with E-state index in [0.29, 0.717) is 31.0 Å². The molecule has 0 bridgehead atoms. The first kappa shape index (κ1) is 25.5. The van der Waals surface area contributed by atoms with Gasteiger partial charge in [-0.3, -0.25) is 14.7 Å². The van der Waals surface area contributed by atoms with Crippen LogP contribution in [0.3, 0.4) is 0 Å². The van der Waals surface area contributed by atoms with Crippen LogP contribution in [0.4, 0.5) is 0 Å². The average molecular weight is 489 g/mol. The van der Waals surface area contributed by atoms with Gasteiger partial charge in [0.25, 0.3) is 0 Å². The van der Waals surface area contributed by atoms with Crippen LogP contribution < -0.4 is 4.74 Å². The molecule has 3 aromatic rings. The zero-order chi connectivity index (χ0) is 25.3. The monoisotopic (exact) mass is 488 g/mol. The number of aliphatic carboxylic acids is 1. The zero-order valence-electron chi connectivity index (χ0n) is 20.5. The van der Waals surface area contributed by atoms with Crippen molar-refractivity contribution in [3.8, 4) is 17.6 Å². The number of carboxylic acid groups (broad SMARTS) is 1. The number of piperidine rings is 1. The van der Waals surface area contributed by atoms with Crippen LogP contribution >= 0.6 is 0 Å². The molecule has 8 nitrogen and oxygen atoms in total. The molecule has 2 N–H and O–H groups in total. The number of carbonyl (C=O) groups is 1. The summed E-state index contributed by atoms with van der Waals surface area (Å²) in [6.45, 7) is 2.31. The highest BCUT2D eigenvalue weighted by Gasteiger charge is 2.29. The summed E-state index contributed by atoms with van der Waals surface area (Å²) in [6, 6.07) is 11.2. The van der Waals surface area contributed by atoms with E-state index < -0.39 is 12.1 Å². The Morgan fingerprint density at radius 3 is 2.89 bits per heavy atom. The number of aliphatic hydroxyl groups excluding tert-OH is 1. The lowest BCUT2D eigenvalue weighted by Crippen LogP contribution is -2.41. The molecule has 0 saturated carbocycles. The summed E-state index contributed by atoms with van der Waals surface area (Å²) in [7, 11) is 1.62. The number of methoxy groups -OCH3 is 1. The molecule has 3 atom stereocenters. The molecule has 36 heavy (non-hydrogen) atoms. The van der Waals surface area contributed by atoms with Crippen molar-refractivity contribution in [2.24, 2.45) is 11.8 Å². The molecule has 1 fully saturated rings. The van der Waals surface area contributed by atoms with Crippen molar-refractivity contribution in [1.82, 2.24) is 20.1 Å². The molecule has 1 saturated heterocycles. The Kier molecular flexibility index (Phi) is 8.82. The molecular formula is C28H32N4O4. The maximum absolute atomic E-state index is 11.3. The van der Waals surface area contributed by atoms with Gasteiger partial charge in [0, 0.05) is 30.7 Å². The van der Waals surface area contributed by atoms with E-state index in [9.17, 15) is 15.0 Å². The second-order valence-electron chi connectivity index (χ2n) is 9.26. The molecule has 1 aliphatic rings. The third-order valence-electron chi connectivity index (χ3n) is 6.95. The Bertz CT molecular complexity index is 1220. The zero-order valence-corrected chi connectivity index (χ0v) is 20.5. The van der Waals surface area contributed by atoms with Crippen molar-refractivity contribution < 1.29 is 19.7 Å². The summed E-state index contributed by atoms with van der Waals surface area (Å²) in [4.78, 5) is 18.0. The topological polar surface area (TPSA) is 109 Å². The summed E-state index contributed by atoms with van der Waals surface area (Å²) in [5.74, 6) is 6.77. The molecule has 2 unspecified atom stereocenters. The second-order valence-corrected chi connectivity index (χ2v) is 9.26. The minimum absolute atomic E-state index is 0.150. The van der Waals surface area contributed by atoms with Gasteiger partial charge in [0.05, 0.1) is 25.3 Å². The number of aromatic nitrogens is 3. The number of hydrogen-bond donors (Lipinski definition) is 2. The summed E-state index contributed by atoms with van der Waals surface area (Å²) in [6.07, 6.45) is 5.89. The molecule has 188 valence electrons. The molecular weight excluding hydrogens is 456 g/mol. The van der Waals surface area contributed by atoms with Gasteiger partial charge < -0.3 is 14.9 Å². The van der Waals surface area contributed by atoms with Crippen LogP contribution in [0.2, 0.25) is 0 Å². The fourth-order valence-electron chi connectivity index (χ4n) is 5.02. The summed E-state index contributed by atoms with van der Waals surface area (Å²) >= 11 is 0. The number of aliphatic hydroxyl groups is 1. The van der Waals surface area contributed by atoms with E-state index in [-0.39, 0.29) is 12.3 Å². The number of hydrogen-bond acceptors (Lipinski definition) is 7. The smallest absolute Gasteiger partial charge is 0.303 e. The predicted octanol–water partition coefficient (Wildman–Crippen LogP) is 3.70. The minimum atomic E-state index is -0.773. The molecule has 0 aliphatic carbocycles. The largest absolute Gasteiger partial charge is 0.497 e. The van der Waals surface area contributed by atoms with E-state index in [1.54, 1.807) is 19.5 Å². The lowest BCUT2D eigenvalue weighted by Gasteiger charge is -2.38. The molecule has 0 amide bonds. The van der Waals surface area contributed by atoms with Gasteiger partial charge in [-0.25, -0.2) is 0 Å². The Morgan fingerprint density at radius 2 is 2.11 bits per heavy atom. The highest BCUT2D eigenvalue weighted by atomic mass is 16.5. The molecule has 3 heterocycles. The van der Waals surface area contributed by atoms with E-state index in [1.807, 2.05) is 36.4 Å². The highest BCUT2D eigenvalue weighted by molar-refractivity contribution is 5.83. The standard InChI is InChI=1S/C28H32N4O4/c1-36-23-8-9-26-25(18-23)24(12-15-29-26)27(33)10-6-20-13-17-32(19-21(20)7-11-28(34)35)16-3-5-22-4-2-14-30-31-22/h2,4,8-9,12,14-15,18,20-21,27,33H,6-7,10-11,13,16-17,19H2,1H3,(H,34,35)/t20?,21?,27-/m0/s1. The van der Waals surface area contributed by atoms with Gasteiger partial charge in [0.1, 0.15) is 11.4 Å². The van der Waals surface area contributed by atoms with Crippen molar-refractivity contribution in [3.63, 3.8) is 0 Å². The van der Waals surface area contributed by atoms with Gasteiger partial charge in [0.2, 0.25) is 0 Å². The molecule has 0 spiro atoms. The molecule has 4 rings (SSSR count). The van der Waals surface area contributed by atoms with E-state index >= 15 is 0 Å². The van der Waals surface area contributed by atoms with Crippen LogP contribution in [-0.4, -0.2) is 63.0 Å². The molecule has 2 aromatic heterocycles. The van der Waals surface area contributed by atoms with Gasteiger partial charge >= 0.3 is 5.97 Å². The van der Waals surface area contributed by atoms with Crippen molar-refractivity contribution in [2.75, 3.05) is 26.7 Å². The number of pyridine rings is 1. The second kappa shape index (κ2) is 12.4. The maximum Gasteiger partial charge on any atom is 0.303 e. The third kappa shape index (κ3) is 6.78. The third-order valence-corrected chi connectivity index (χ3v) is 6.95. The first-order chi connectivity index (χ1) is 17.5. The van der Waals surface area contributed by atoms with Crippen molar-refractivity contribution in [2.45, 2.75) is 38.2 Å². The normalized spacial score (nSPS) is 18.8. The lowest BCUT2D eigenvalue weighted by atomic mass is 9.79. The van der Waals surface area contributed by atoms with Gasteiger partial charge in [0.15, 0.2) is 0 Å². The van der Waals surface area contributed by atoms with Crippen molar-refractivity contribution >= 4 is 16.9 Å². The fourth-order valence-corrected chi connectivity index (χ4v) is 5.02. The van der Waals surface area contributed by atoms with E-state index in [0.717, 1.165) is 48.1 Å². The molecule has 0 radical (unpaired) electrons. The first-order valence-electron chi connectivity index (χ1n) is 12.3. The van der Waals surface area contributed by atoms with E-state index in [1.165, 1.54) is 0 Å². The maximum atomic E-state index is 11.3. The van der Waals surface area contributed by atoms with Gasteiger partial charge in [-0.05, 0) is 91.9 Å². The highest BCUT2D eigenvalue weighted by Crippen LogP contribution is 2.35. The number of benzene rings is 1. The van der Waals surface area contributed by atoms with Gasteiger partial charge in [-0.1, -0.05) is 5.92 Å². The van der Waals surface area contributed by atoms with E-state index in [4.69, 9.17) is 4.74 Å². The van der Waals surface area contributed by atoms with Gasteiger partial charge in [-0.2, -0.15) is 5.10 Å². The Balaban J connectivity index is 1.39. The molecule has 1 aromatic carbocycles. The van der Waals surface area contributed by atoms with Crippen LogP contribution in [0.1, 0.15) is 49.5 Å². The van der Waals surface area contributed by atoms with E-state index in [2.05, 4.69) is 31.9 Å². The van der Waals surface area contributed by atoms with Crippen LogP contribution in [0, 0.1) is 23.7 Å². The number of fused-ring (bicyclic) bond motifs is 1. The Hall–Kier alpha value is -3.54. The predicted molar refractivity (Wildman–Crippen MR) is 136 cm³/mol. The summed E-state index contributed by atoms with van der Waals surface area (Å²) < 4.78 is 5.36. The fraction of sp³-hybridized carbons (Fsp3) is 0.429. The summed E-state index contributed by atoms with van der Waals surface area (Å²) in [5, 5.41) is 29.1. The quantitative estimate of drug-likeness (QED) is 0.439. The molecule has 1 aliphatic heterocycles. The Morgan fingerprint density at radius 1 is 1.22 bits per heavy atom. The summed E-state index contributed by atoms with van der Waals surface area (Å²) in [5.41, 5.74) is 2.31. The minimum Gasteiger partial charge on any atom is -0.497 e. The lowest BCUT2D eigenvalue weighted by molar-refractivity contribution is -0.137. The van der Waals surface area contributed by atoms with Crippen LogP contribution in [0.5, 0.6) is 5.75 Å². The number of nitrogens with zero attached hydrogens (tertiary/aromatic N) is 4. The van der Waals surface area contributed by atoms with Gasteiger partial charge in [-0.15, -0.1) is 5.10 Å². The van der Waals surface area contributed by atoms with Crippen molar-refractivity contribution in [1.29, 1.82) is 0 Å². The number of ether oxygens (including phenoxy) is 1. The van der Waals surface area contributed by atoms with Crippen molar-refractivity contribution in [3.05, 3.63) is 60.0 Å². The number of rotatable bonds is 9. The first-order valence-corrected chi connectivity index (χ1v) is 12.3. The SMILES string of the molecule is COc1ccc2nccc([C@@H](O)CCC3CCN(CC#Cc4cccnn4)CC3CCC(=O)O)c2c1.